The number of aromatic hydroxyl groups is 1. The van der Waals surface area contributed by atoms with Gasteiger partial charge in [-0.15, -0.1) is 11.3 Å². The molecule has 0 spiro atoms. The molecule has 0 amide bonds. The second kappa shape index (κ2) is 8.06. The highest BCUT2D eigenvalue weighted by Gasteiger charge is 2.07. The lowest BCUT2D eigenvalue weighted by atomic mass is 9.98. The molecular formula is C28H20OS. The number of hydrogen-bond donors (Lipinski definition) is 1. The second-order valence-corrected chi connectivity index (χ2v) is 8.42. The molecule has 5 aromatic rings. The molecule has 1 aromatic heterocycles. The molecule has 0 saturated heterocycles. The summed E-state index contributed by atoms with van der Waals surface area (Å²) in [6, 6.07) is 29.0. The van der Waals surface area contributed by atoms with E-state index in [1.807, 2.05) is 36.4 Å². The molecule has 0 unspecified atom stereocenters. The molecule has 0 fully saturated rings. The third-order valence-electron chi connectivity index (χ3n) is 5.32. The Morgan fingerprint density at radius 2 is 1.63 bits per heavy atom. The van der Waals surface area contributed by atoms with Crippen molar-refractivity contribution in [3.63, 3.8) is 0 Å². The SMILES string of the molecule is Oc1cc2ccc(C#CCc3ccccc3)cc2cc1Cc1ccc2sccc2c1. The van der Waals surface area contributed by atoms with E-state index in [1.165, 1.54) is 21.2 Å². The van der Waals surface area contributed by atoms with E-state index in [-0.39, 0.29) is 0 Å². The molecule has 0 aliphatic rings. The van der Waals surface area contributed by atoms with Gasteiger partial charge in [-0.25, -0.2) is 0 Å². The van der Waals surface area contributed by atoms with Crippen LogP contribution in [0.3, 0.4) is 0 Å². The molecule has 1 nitrogen and oxygen atoms in total. The van der Waals surface area contributed by atoms with Gasteiger partial charge >= 0.3 is 0 Å². The van der Waals surface area contributed by atoms with Gasteiger partial charge in [-0.3, -0.25) is 0 Å². The lowest BCUT2D eigenvalue weighted by molar-refractivity contribution is 0.470. The molecule has 144 valence electrons. The normalized spacial score (nSPS) is 10.8. The largest absolute Gasteiger partial charge is 0.508 e. The molecule has 30 heavy (non-hydrogen) atoms. The maximum absolute atomic E-state index is 10.6. The highest BCUT2D eigenvalue weighted by atomic mass is 32.1. The predicted molar refractivity (Wildman–Crippen MR) is 127 cm³/mol. The summed E-state index contributed by atoms with van der Waals surface area (Å²) in [6.07, 6.45) is 1.45. The first-order valence-electron chi connectivity index (χ1n) is 9.99. The number of phenols is 1. The number of rotatable bonds is 3. The van der Waals surface area contributed by atoms with Crippen LogP contribution in [0.2, 0.25) is 0 Å². The summed E-state index contributed by atoms with van der Waals surface area (Å²) in [5.74, 6) is 6.88. The van der Waals surface area contributed by atoms with E-state index in [2.05, 4.69) is 65.8 Å². The smallest absolute Gasteiger partial charge is 0.119 e. The van der Waals surface area contributed by atoms with Crippen LogP contribution in [-0.4, -0.2) is 5.11 Å². The van der Waals surface area contributed by atoms with Gasteiger partial charge in [-0.05, 0) is 80.7 Å². The third kappa shape index (κ3) is 3.94. The van der Waals surface area contributed by atoms with E-state index in [0.717, 1.165) is 28.3 Å². The van der Waals surface area contributed by atoms with Crippen molar-refractivity contribution in [2.24, 2.45) is 0 Å². The van der Waals surface area contributed by atoms with Gasteiger partial charge in [0.2, 0.25) is 0 Å². The first kappa shape index (κ1) is 18.5. The Hall–Kier alpha value is -3.54. The average Bonchev–Trinajstić information content (AvgIpc) is 3.23. The van der Waals surface area contributed by atoms with Crippen LogP contribution < -0.4 is 0 Å². The lowest BCUT2D eigenvalue weighted by Crippen LogP contribution is -1.90. The zero-order chi connectivity index (χ0) is 20.3. The molecule has 0 saturated carbocycles. The van der Waals surface area contributed by atoms with E-state index in [1.54, 1.807) is 11.3 Å². The molecular weight excluding hydrogens is 384 g/mol. The highest BCUT2D eigenvalue weighted by Crippen LogP contribution is 2.29. The fraction of sp³-hybridized carbons (Fsp3) is 0.0714. The summed E-state index contributed by atoms with van der Waals surface area (Å²) in [6.45, 7) is 0. The van der Waals surface area contributed by atoms with Crippen molar-refractivity contribution in [1.29, 1.82) is 0 Å². The van der Waals surface area contributed by atoms with Crippen LogP contribution >= 0.6 is 11.3 Å². The number of thiophene rings is 1. The Morgan fingerprint density at radius 1 is 0.733 bits per heavy atom. The van der Waals surface area contributed by atoms with Crippen LogP contribution in [-0.2, 0) is 12.8 Å². The minimum absolute atomic E-state index is 0.343. The van der Waals surface area contributed by atoms with Gasteiger partial charge in [0.15, 0.2) is 0 Å². The summed E-state index contributed by atoms with van der Waals surface area (Å²) in [4.78, 5) is 0. The van der Waals surface area contributed by atoms with Gasteiger partial charge in [0.05, 0.1) is 0 Å². The van der Waals surface area contributed by atoms with E-state index in [0.29, 0.717) is 12.2 Å². The Labute approximate surface area is 180 Å². The Bertz CT molecular complexity index is 1400. The predicted octanol–water partition coefficient (Wildman–Crippen LogP) is 6.95. The molecule has 4 aromatic carbocycles. The summed E-state index contributed by atoms with van der Waals surface area (Å²) < 4.78 is 1.29. The van der Waals surface area contributed by atoms with Gasteiger partial charge in [-0.1, -0.05) is 54.3 Å². The van der Waals surface area contributed by atoms with Gasteiger partial charge < -0.3 is 5.11 Å². The van der Waals surface area contributed by atoms with Crippen molar-refractivity contribution in [3.8, 4) is 17.6 Å². The van der Waals surface area contributed by atoms with Gasteiger partial charge in [0.1, 0.15) is 5.75 Å². The van der Waals surface area contributed by atoms with Crippen LogP contribution in [0.25, 0.3) is 20.9 Å². The van der Waals surface area contributed by atoms with Crippen molar-refractivity contribution in [2.75, 3.05) is 0 Å². The number of phenolic OH excluding ortho intramolecular Hbond substituents is 1. The Balaban J connectivity index is 1.42. The minimum atomic E-state index is 0.343. The van der Waals surface area contributed by atoms with Crippen LogP contribution in [0.15, 0.2) is 90.3 Å². The maximum atomic E-state index is 10.6. The second-order valence-electron chi connectivity index (χ2n) is 7.48. The van der Waals surface area contributed by atoms with E-state index < -0.39 is 0 Å². The van der Waals surface area contributed by atoms with Crippen LogP contribution in [0, 0.1) is 11.8 Å². The highest BCUT2D eigenvalue weighted by molar-refractivity contribution is 7.17. The zero-order valence-electron chi connectivity index (χ0n) is 16.4. The van der Waals surface area contributed by atoms with Crippen molar-refractivity contribution >= 4 is 32.2 Å². The van der Waals surface area contributed by atoms with Crippen LogP contribution in [0.5, 0.6) is 5.75 Å². The standard InChI is InChI=1S/C28H20OS/c29-27-19-23-11-9-21(8-4-7-20-5-2-1-3-6-20)15-25(23)18-26(27)17-22-10-12-28-24(16-22)13-14-30-28/h1-3,5-6,9-16,18-19,29H,7,17H2. The summed E-state index contributed by atoms with van der Waals surface area (Å²) in [7, 11) is 0. The van der Waals surface area contributed by atoms with E-state index in [9.17, 15) is 5.11 Å². The third-order valence-corrected chi connectivity index (χ3v) is 6.22. The monoisotopic (exact) mass is 404 g/mol. The fourth-order valence-corrected chi connectivity index (χ4v) is 4.51. The Morgan fingerprint density at radius 3 is 2.53 bits per heavy atom. The van der Waals surface area contributed by atoms with Crippen molar-refractivity contribution in [1.82, 2.24) is 0 Å². The summed E-state index contributed by atoms with van der Waals surface area (Å²) in [5, 5.41) is 16.1. The van der Waals surface area contributed by atoms with Crippen molar-refractivity contribution in [3.05, 3.63) is 113 Å². The summed E-state index contributed by atoms with van der Waals surface area (Å²) in [5.41, 5.74) is 4.36. The molecule has 0 aliphatic heterocycles. The van der Waals surface area contributed by atoms with Crippen LogP contribution in [0.4, 0.5) is 0 Å². The number of fused-ring (bicyclic) bond motifs is 2. The summed E-state index contributed by atoms with van der Waals surface area (Å²) >= 11 is 1.75. The molecule has 1 heterocycles. The zero-order valence-corrected chi connectivity index (χ0v) is 17.2. The lowest BCUT2D eigenvalue weighted by Gasteiger charge is -2.08. The van der Waals surface area contributed by atoms with Crippen molar-refractivity contribution < 1.29 is 5.11 Å². The molecule has 0 radical (unpaired) electrons. The van der Waals surface area contributed by atoms with E-state index >= 15 is 0 Å². The molecule has 2 heteroatoms. The topological polar surface area (TPSA) is 20.2 Å². The molecule has 1 N–H and O–H groups in total. The van der Waals surface area contributed by atoms with Gasteiger partial charge in [0, 0.05) is 23.1 Å². The number of benzene rings is 4. The first-order valence-corrected chi connectivity index (χ1v) is 10.9. The quantitative estimate of drug-likeness (QED) is 0.323. The van der Waals surface area contributed by atoms with Crippen molar-refractivity contribution in [2.45, 2.75) is 12.8 Å². The van der Waals surface area contributed by atoms with Gasteiger partial charge in [0.25, 0.3) is 0 Å². The minimum Gasteiger partial charge on any atom is -0.508 e. The van der Waals surface area contributed by atoms with Crippen LogP contribution in [0.1, 0.15) is 22.3 Å². The van der Waals surface area contributed by atoms with Gasteiger partial charge in [-0.2, -0.15) is 0 Å². The molecule has 0 aliphatic carbocycles. The first-order chi connectivity index (χ1) is 14.7. The number of hydrogen-bond acceptors (Lipinski definition) is 2. The maximum Gasteiger partial charge on any atom is 0.119 e. The molecule has 0 bridgehead atoms. The Kier molecular flexibility index (Phi) is 4.97. The average molecular weight is 405 g/mol. The molecule has 0 atom stereocenters. The van der Waals surface area contributed by atoms with E-state index in [4.69, 9.17) is 0 Å². The fourth-order valence-electron chi connectivity index (χ4n) is 3.74. The molecule has 5 rings (SSSR count).